The highest BCUT2D eigenvalue weighted by atomic mass is 35.5. The Morgan fingerprint density at radius 3 is 2.60 bits per heavy atom. The van der Waals surface area contributed by atoms with Crippen molar-refractivity contribution < 1.29 is 19.4 Å². The summed E-state index contributed by atoms with van der Waals surface area (Å²) in [5, 5.41) is 8.46. The van der Waals surface area contributed by atoms with Crippen LogP contribution in [0.25, 0.3) is 0 Å². The molecule has 0 saturated heterocycles. The lowest BCUT2D eigenvalue weighted by atomic mass is 10.2. The number of halogens is 2. The molecule has 0 aliphatic rings. The van der Waals surface area contributed by atoms with E-state index in [1.54, 1.807) is 0 Å². The summed E-state index contributed by atoms with van der Waals surface area (Å²) in [7, 11) is 0. The van der Waals surface area contributed by atoms with Crippen LogP contribution in [0.4, 0.5) is 0 Å². The monoisotopic (exact) mass is 248 g/mol. The van der Waals surface area contributed by atoms with Gasteiger partial charge in [0.25, 0.3) is 0 Å². The summed E-state index contributed by atoms with van der Waals surface area (Å²) in [4.78, 5) is 20.7. The molecule has 0 atom stereocenters. The first-order chi connectivity index (χ1) is 7.06. The van der Waals surface area contributed by atoms with E-state index in [4.69, 9.17) is 33.0 Å². The molecule has 0 spiro atoms. The average Bonchev–Trinajstić information content (AvgIpc) is 2.20. The molecule has 0 heterocycles. The van der Waals surface area contributed by atoms with Crippen molar-refractivity contribution in [1.82, 2.24) is 0 Å². The van der Waals surface area contributed by atoms with E-state index in [0.29, 0.717) is 6.29 Å². The maximum Gasteiger partial charge on any atom is 0.341 e. The second-order valence-corrected chi connectivity index (χ2v) is 3.34. The van der Waals surface area contributed by atoms with Gasteiger partial charge in [0.2, 0.25) is 0 Å². The Kier molecular flexibility index (Phi) is 3.94. The zero-order chi connectivity index (χ0) is 11.4. The minimum atomic E-state index is -1.12. The molecular formula is C9H6Cl2O4. The van der Waals surface area contributed by atoms with Gasteiger partial charge in [-0.3, -0.25) is 4.79 Å². The van der Waals surface area contributed by atoms with Gasteiger partial charge < -0.3 is 9.84 Å². The minimum Gasteiger partial charge on any atom is -0.480 e. The Labute approximate surface area is 95.4 Å². The molecule has 1 aromatic rings. The first-order valence-electron chi connectivity index (χ1n) is 3.84. The van der Waals surface area contributed by atoms with Crippen LogP contribution >= 0.6 is 23.2 Å². The van der Waals surface area contributed by atoms with Crippen molar-refractivity contribution in [2.75, 3.05) is 6.61 Å². The van der Waals surface area contributed by atoms with Gasteiger partial charge in [0, 0.05) is 5.56 Å². The summed E-state index contributed by atoms with van der Waals surface area (Å²) < 4.78 is 4.85. The first kappa shape index (κ1) is 11.8. The van der Waals surface area contributed by atoms with Gasteiger partial charge in [-0.1, -0.05) is 23.2 Å². The number of carboxylic acids is 1. The van der Waals surface area contributed by atoms with Crippen LogP contribution in [-0.2, 0) is 4.79 Å². The summed E-state index contributed by atoms with van der Waals surface area (Å²) in [5.74, 6) is -0.990. The van der Waals surface area contributed by atoms with E-state index >= 15 is 0 Å². The lowest BCUT2D eigenvalue weighted by Gasteiger charge is -2.07. The molecule has 15 heavy (non-hydrogen) atoms. The number of aliphatic carboxylic acids is 1. The van der Waals surface area contributed by atoms with E-state index < -0.39 is 12.6 Å². The first-order valence-corrected chi connectivity index (χ1v) is 4.59. The van der Waals surface area contributed by atoms with Crippen LogP contribution in [0.3, 0.4) is 0 Å². The third-order valence-electron chi connectivity index (χ3n) is 1.55. The molecule has 80 valence electrons. The van der Waals surface area contributed by atoms with Gasteiger partial charge in [-0.05, 0) is 12.1 Å². The minimum absolute atomic E-state index is 0.0301. The Morgan fingerprint density at radius 1 is 1.40 bits per heavy atom. The largest absolute Gasteiger partial charge is 0.480 e. The fourth-order valence-corrected chi connectivity index (χ4v) is 1.32. The van der Waals surface area contributed by atoms with Crippen LogP contribution in [0.15, 0.2) is 12.1 Å². The number of hydrogen-bond acceptors (Lipinski definition) is 3. The molecule has 0 amide bonds. The van der Waals surface area contributed by atoms with E-state index in [0.717, 1.165) is 0 Å². The third-order valence-corrected chi connectivity index (χ3v) is 2.43. The van der Waals surface area contributed by atoms with Crippen LogP contribution in [-0.4, -0.2) is 24.0 Å². The number of rotatable bonds is 4. The maximum atomic E-state index is 10.5. The number of carboxylic acid groups (broad SMARTS) is 1. The van der Waals surface area contributed by atoms with Crippen LogP contribution in [0.2, 0.25) is 10.0 Å². The number of carbonyl (C=O) groups is 2. The predicted octanol–water partition coefficient (Wildman–Crippen LogP) is 2.27. The highest BCUT2D eigenvalue weighted by Crippen LogP contribution is 2.33. The molecule has 1 aromatic carbocycles. The zero-order valence-corrected chi connectivity index (χ0v) is 8.88. The Hall–Kier alpha value is -1.26. The zero-order valence-electron chi connectivity index (χ0n) is 7.37. The maximum absolute atomic E-state index is 10.5. The molecule has 0 aliphatic heterocycles. The van der Waals surface area contributed by atoms with Crippen molar-refractivity contribution in [3.05, 3.63) is 27.7 Å². The molecule has 0 saturated carbocycles. The highest BCUT2D eigenvalue weighted by molar-refractivity contribution is 6.44. The van der Waals surface area contributed by atoms with Gasteiger partial charge in [0.15, 0.2) is 12.9 Å². The summed E-state index contributed by atoms with van der Waals surface area (Å²) in [5.41, 5.74) is 0.226. The number of benzene rings is 1. The van der Waals surface area contributed by atoms with Crippen LogP contribution < -0.4 is 4.74 Å². The Balaban J connectivity index is 2.96. The SMILES string of the molecule is O=Cc1ccc(OCC(=O)O)c(Cl)c1Cl. The van der Waals surface area contributed by atoms with Gasteiger partial charge >= 0.3 is 5.97 Å². The van der Waals surface area contributed by atoms with Crippen molar-refractivity contribution >= 4 is 35.5 Å². The molecule has 0 unspecified atom stereocenters. The molecule has 0 aromatic heterocycles. The van der Waals surface area contributed by atoms with E-state index in [1.165, 1.54) is 12.1 Å². The van der Waals surface area contributed by atoms with Crippen LogP contribution in [0, 0.1) is 0 Å². The van der Waals surface area contributed by atoms with E-state index in [1.807, 2.05) is 0 Å². The Bertz CT molecular complexity index is 403. The van der Waals surface area contributed by atoms with E-state index in [-0.39, 0.29) is 21.4 Å². The standard InChI is InChI=1S/C9H6Cl2O4/c10-8-5(3-12)1-2-6(9(8)11)15-4-7(13)14/h1-3H,4H2,(H,13,14). The molecule has 6 heteroatoms. The number of aldehydes is 1. The second-order valence-electron chi connectivity index (χ2n) is 2.58. The summed E-state index contributed by atoms with van der Waals surface area (Å²) in [6, 6.07) is 2.79. The molecule has 0 fully saturated rings. The van der Waals surface area contributed by atoms with Crippen LogP contribution in [0.1, 0.15) is 10.4 Å². The predicted molar refractivity (Wildman–Crippen MR) is 55.0 cm³/mol. The van der Waals surface area contributed by atoms with Crippen molar-refractivity contribution in [1.29, 1.82) is 0 Å². The van der Waals surface area contributed by atoms with E-state index in [2.05, 4.69) is 0 Å². The molecule has 4 nitrogen and oxygen atoms in total. The quantitative estimate of drug-likeness (QED) is 0.831. The van der Waals surface area contributed by atoms with Crippen molar-refractivity contribution in [3.63, 3.8) is 0 Å². The summed E-state index contributed by atoms with van der Waals surface area (Å²) >= 11 is 11.5. The van der Waals surface area contributed by atoms with Crippen LogP contribution in [0.5, 0.6) is 5.75 Å². The highest BCUT2D eigenvalue weighted by Gasteiger charge is 2.11. The second kappa shape index (κ2) is 5.00. The molecule has 0 radical (unpaired) electrons. The topological polar surface area (TPSA) is 63.6 Å². The Morgan fingerprint density at radius 2 is 2.07 bits per heavy atom. The normalized spacial score (nSPS) is 9.73. The summed E-state index contributed by atoms with van der Waals surface area (Å²) in [6.45, 7) is -0.517. The van der Waals surface area contributed by atoms with Gasteiger partial charge in [0.05, 0.1) is 5.02 Å². The molecular weight excluding hydrogens is 243 g/mol. The molecule has 1 N–H and O–H groups in total. The van der Waals surface area contributed by atoms with E-state index in [9.17, 15) is 9.59 Å². The van der Waals surface area contributed by atoms with Gasteiger partial charge in [-0.15, -0.1) is 0 Å². The fourth-order valence-electron chi connectivity index (χ4n) is 0.889. The van der Waals surface area contributed by atoms with Crippen molar-refractivity contribution in [3.8, 4) is 5.75 Å². The van der Waals surface area contributed by atoms with Crippen molar-refractivity contribution in [2.24, 2.45) is 0 Å². The molecule has 0 bridgehead atoms. The lowest BCUT2D eigenvalue weighted by Crippen LogP contribution is -2.09. The van der Waals surface area contributed by atoms with Crippen molar-refractivity contribution in [2.45, 2.75) is 0 Å². The number of ether oxygens (including phenoxy) is 1. The molecule has 0 aliphatic carbocycles. The van der Waals surface area contributed by atoms with Gasteiger partial charge in [0.1, 0.15) is 10.8 Å². The van der Waals surface area contributed by atoms with Gasteiger partial charge in [-0.2, -0.15) is 0 Å². The summed E-state index contributed by atoms with van der Waals surface area (Å²) in [6.07, 6.45) is 0.551. The smallest absolute Gasteiger partial charge is 0.341 e. The lowest BCUT2D eigenvalue weighted by molar-refractivity contribution is -0.139. The number of hydrogen-bond donors (Lipinski definition) is 1. The fraction of sp³-hybridized carbons (Fsp3) is 0.111. The average molecular weight is 249 g/mol. The van der Waals surface area contributed by atoms with Gasteiger partial charge in [-0.25, -0.2) is 4.79 Å². The number of carbonyl (C=O) groups excluding carboxylic acids is 1. The molecule has 1 rings (SSSR count). The third kappa shape index (κ3) is 2.84.